The molecule has 0 spiro atoms. The van der Waals surface area contributed by atoms with Gasteiger partial charge in [-0.05, 0) is 25.2 Å². The average Bonchev–Trinajstić information content (AvgIpc) is 1.96. The van der Waals surface area contributed by atoms with Gasteiger partial charge in [0.15, 0.2) is 0 Å². The Labute approximate surface area is 87.0 Å². The van der Waals surface area contributed by atoms with Crippen molar-refractivity contribution in [2.24, 2.45) is 11.3 Å². The molecule has 0 bridgehead atoms. The van der Waals surface area contributed by atoms with Crippen LogP contribution >= 0.6 is 0 Å². The number of carbonyl (C=O) groups is 1. The fourth-order valence-electron chi connectivity index (χ4n) is 1.39. The lowest BCUT2D eigenvalue weighted by atomic mass is 9.88. The molecule has 0 aromatic rings. The van der Waals surface area contributed by atoms with Gasteiger partial charge in [-0.3, -0.25) is 4.79 Å². The fourth-order valence-corrected chi connectivity index (χ4v) is 1.39. The summed E-state index contributed by atoms with van der Waals surface area (Å²) in [6.07, 6.45) is 3.71. The van der Waals surface area contributed by atoms with Crippen molar-refractivity contribution >= 4 is 5.97 Å². The Bertz CT molecular complexity index is 221. The van der Waals surface area contributed by atoms with Crippen LogP contribution in [0.3, 0.4) is 0 Å². The van der Waals surface area contributed by atoms with E-state index in [9.17, 15) is 4.79 Å². The van der Waals surface area contributed by atoms with E-state index in [1.165, 1.54) is 5.57 Å². The molecule has 0 radical (unpaired) electrons. The highest BCUT2D eigenvalue weighted by atomic mass is 16.4. The van der Waals surface area contributed by atoms with Crippen LogP contribution in [-0.4, -0.2) is 11.1 Å². The maximum Gasteiger partial charge on any atom is 0.306 e. The topological polar surface area (TPSA) is 37.3 Å². The van der Waals surface area contributed by atoms with Gasteiger partial charge in [0.05, 0.1) is 5.92 Å². The van der Waals surface area contributed by atoms with Crippen molar-refractivity contribution in [2.45, 2.75) is 47.5 Å². The summed E-state index contributed by atoms with van der Waals surface area (Å²) in [5, 5.41) is 8.70. The number of aliphatic carboxylic acids is 1. The Morgan fingerprint density at radius 3 is 2.29 bits per heavy atom. The number of carboxylic acid groups (broad SMARTS) is 1. The zero-order valence-electron chi connectivity index (χ0n) is 9.92. The number of rotatable bonds is 4. The molecule has 0 aromatic carbocycles. The zero-order chi connectivity index (χ0) is 11.4. The average molecular weight is 198 g/mol. The Balaban J connectivity index is 4.07. The van der Waals surface area contributed by atoms with Crippen LogP contribution in [0.4, 0.5) is 0 Å². The molecule has 2 nitrogen and oxygen atoms in total. The third-order valence-electron chi connectivity index (χ3n) is 2.05. The monoisotopic (exact) mass is 198 g/mol. The molecule has 0 saturated carbocycles. The van der Waals surface area contributed by atoms with E-state index in [4.69, 9.17) is 5.11 Å². The first-order chi connectivity index (χ1) is 6.22. The summed E-state index contributed by atoms with van der Waals surface area (Å²) in [4.78, 5) is 10.6. The Morgan fingerprint density at radius 1 is 1.43 bits per heavy atom. The SMILES string of the molecule is C/C(=C\CC(C)C(=O)O)CC(C)(C)C. The van der Waals surface area contributed by atoms with Crippen molar-refractivity contribution in [3.8, 4) is 0 Å². The molecule has 2 heteroatoms. The lowest BCUT2D eigenvalue weighted by Gasteiger charge is -2.18. The normalized spacial score (nSPS) is 15.4. The van der Waals surface area contributed by atoms with E-state index >= 15 is 0 Å². The molecular formula is C12H22O2. The number of hydrogen-bond donors (Lipinski definition) is 1. The van der Waals surface area contributed by atoms with Crippen LogP contribution < -0.4 is 0 Å². The van der Waals surface area contributed by atoms with Crippen molar-refractivity contribution in [1.82, 2.24) is 0 Å². The van der Waals surface area contributed by atoms with Gasteiger partial charge < -0.3 is 5.11 Å². The van der Waals surface area contributed by atoms with Gasteiger partial charge in [0.25, 0.3) is 0 Å². The second-order valence-corrected chi connectivity index (χ2v) is 5.26. The highest BCUT2D eigenvalue weighted by Gasteiger charge is 2.12. The molecule has 0 rings (SSSR count). The number of allylic oxidation sites excluding steroid dienone is 2. The maximum atomic E-state index is 10.6. The Hall–Kier alpha value is -0.790. The van der Waals surface area contributed by atoms with Gasteiger partial charge in [0.1, 0.15) is 0 Å². The molecule has 1 atom stereocenters. The molecule has 14 heavy (non-hydrogen) atoms. The Morgan fingerprint density at radius 2 is 1.93 bits per heavy atom. The summed E-state index contributed by atoms with van der Waals surface area (Å²) >= 11 is 0. The van der Waals surface area contributed by atoms with E-state index in [-0.39, 0.29) is 11.3 Å². The molecule has 0 aliphatic carbocycles. The van der Waals surface area contributed by atoms with Crippen LogP contribution in [0.15, 0.2) is 11.6 Å². The van der Waals surface area contributed by atoms with Crippen LogP contribution in [0.1, 0.15) is 47.5 Å². The minimum absolute atomic E-state index is 0.273. The molecule has 0 aromatic heterocycles. The second kappa shape index (κ2) is 5.18. The molecule has 0 amide bonds. The lowest BCUT2D eigenvalue weighted by Crippen LogP contribution is -2.09. The minimum Gasteiger partial charge on any atom is -0.481 e. The molecule has 82 valence electrons. The van der Waals surface area contributed by atoms with Gasteiger partial charge in [-0.2, -0.15) is 0 Å². The maximum absolute atomic E-state index is 10.6. The van der Waals surface area contributed by atoms with Crippen molar-refractivity contribution in [3.63, 3.8) is 0 Å². The highest BCUT2D eigenvalue weighted by molar-refractivity contribution is 5.69. The first-order valence-corrected chi connectivity index (χ1v) is 5.11. The van der Waals surface area contributed by atoms with E-state index in [2.05, 4.69) is 27.7 Å². The first-order valence-electron chi connectivity index (χ1n) is 5.11. The van der Waals surface area contributed by atoms with E-state index in [1.54, 1.807) is 6.92 Å². The van der Waals surface area contributed by atoms with Gasteiger partial charge in [-0.25, -0.2) is 0 Å². The summed E-state index contributed by atoms with van der Waals surface area (Å²) in [7, 11) is 0. The molecule has 0 aliphatic rings. The minimum atomic E-state index is -0.718. The Kier molecular flexibility index (Phi) is 4.89. The van der Waals surface area contributed by atoms with Crippen LogP contribution in [0.2, 0.25) is 0 Å². The molecular weight excluding hydrogens is 176 g/mol. The number of hydrogen-bond acceptors (Lipinski definition) is 1. The van der Waals surface area contributed by atoms with E-state index < -0.39 is 5.97 Å². The fraction of sp³-hybridized carbons (Fsp3) is 0.750. The largest absolute Gasteiger partial charge is 0.481 e. The van der Waals surface area contributed by atoms with E-state index in [0.717, 1.165) is 6.42 Å². The third kappa shape index (κ3) is 6.70. The molecule has 0 fully saturated rings. The van der Waals surface area contributed by atoms with Crippen LogP contribution in [-0.2, 0) is 4.79 Å². The van der Waals surface area contributed by atoms with Crippen molar-refractivity contribution < 1.29 is 9.90 Å². The summed E-state index contributed by atoms with van der Waals surface area (Å²) in [5.74, 6) is -0.991. The smallest absolute Gasteiger partial charge is 0.306 e. The summed E-state index contributed by atoms with van der Waals surface area (Å²) in [6, 6.07) is 0. The third-order valence-corrected chi connectivity index (χ3v) is 2.05. The van der Waals surface area contributed by atoms with Crippen molar-refractivity contribution in [1.29, 1.82) is 0 Å². The predicted octanol–water partition coefficient (Wildman–Crippen LogP) is 3.48. The summed E-state index contributed by atoms with van der Waals surface area (Å²) in [5.41, 5.74) is 1.57. The zero-order valence-corrected chi connectivity index (χ0v) is 9.92. The molecule has 0 saturated heterocycles. The quantitative estimate of drug-likeness (QED) is 0.702. The highest BCUT2D eigenvalue weighted by Crippen LogP contribution is 2.24. The van der Waals surface area contributed by atoms with E-state index in [0.29, 0.717) is 6.42 Å². The molecule has 1 unspecified atom stereocenters. The molecule has 0 heterocycles. The van der Waals surface area contributed by atoms with Crippen LogP contribution in [0.5, 0.6) is 0 Å². The second-order valence-electron chi connectivity index (χ2n) is 5.26. The van der Waals surface area contributed by atoms with Gasteiger partial charge >= 0.3 is 5.97 Å². The molecule has 0 aliphatic heterocycles. The van der Waals surface area contributed by atoms with Crippen molar-refractivity contribution in [3.05, 3.63) is 11.6 Å². The van der Waals surface area contributed by atoms with Gasteiger partial charge in [-0.15, -0.1) is 0 Å². The lowest BCUT2D eigenvalue weighted by molar-refractivity contribution is -0.140. The van der Waals surface area contributed by atoms with E-state index in [1.807, 2.05) is 6.08 Å². The number of carboxylic acids is 1. The standard InChI is InChI=1S/C12H22O2/c1-9(8-12(3,4)5)6-7-10(2)11(13)14/h6,10H,7-8H2,1-5H3,(H,13,14)/b9-6+. The summed E-state index contributed by atoms with van der Waals surface area (Å²) < 4.78 is 0. The van der Waals surface area contributed by atoms with Gasteiger partial charge in [-0.1, -0.05) is 39.3 Å². The van der Waals surface area contributed by atoms with Crippen LogP contribution in [0, 0.1) is 11.3 Å². The predicted molar refractivity (Wildman–Crippen MR) is 59.2 cm³/mol. The first kappa shape index (κ1) is 13.2. The summed E-state index contributed by atoms with van der Waals surface area (Å²) in [6.45, 7) is 10.4. The van der Waals surface area contributed by atoms with Crippen molar-refractivity contribution in [2.75, 3.05) is 0 Å². The van der Waals surface area contributed by atoms with Gasteiger partial charge in [0, 0.05) is 0 Å². The van der Waals surface area contributed by atoms with Gasteiger partial charge in [0.2, 0.25) is 0 Å². The molecule has 1 N–H and O–H groups in total. The van der Waals surface area contributed by atoms with Crippen LogP contribution in [0.25, 0.3) is 0 Å².